The first-order chi connectivity index (χ1) is 15.8. The number of nitrogens with one attached hydrogen (secondary N) is 2. The average Bonchev–Trinajstić information content (AvgIpc) is 3.22. The molecule has 1 aromatic carbocycles. The van der Waals surface area contributed by atoms with E-state index in [1.54, 1.807) is 10.9 Å². The largest absolute Gasteiger partial charge is 0.416 e. The standard InChI is InChI=1S/C22H23F4N5O2/c1-2-31-20-16(12-29-31)19(30-15-5-7-33-8-6-15)17(11-27-20)21(32)28-10-13-3-4-14(9-18(13)23)22(24,25)26/h3-4,9,11-12,15H,2,5-8,10H2,1H3,(H,27,30)(H,28,32). The molecule has 4 rings (SSSR count). The molecule has 11 heteroatoms. The fourth-order valence-electron chi connectivity index (χ4n) is 3.77. The summed E-state index contributed by atoms with van der Waals surface area (Å²) in [5, 5.41) is 11.0. The number of ether oxygens (including phenoxy) is 1. The van der Waals surface area contributed by atoms with Crippen LogP contribution in [0, 0.1) is 5.82 Å². The molecule has 3 heterocycles. The number of fused-ring (bicyclic) bond motifs is 1. The second-order valence-corrected chi connectivity index (χ2v) is 7.76. The molecular formula is C22H23F4N5O2. The first-order valence-corrected chi connectivity index (χ1v) is 10.6. The van der Waals surface area contributed by atoms with Crippen LogP contribution in [0.3, 0.4) is 0 Å². The summed E-state index contributed by atoms with van der Waals surface area (Å²) in [6.07, 6.45) is -0.0411. The Balaban J connectivity index is 1.59. The van der Waals surface area contributed by atoms with E-state index in [0.717, 1.165) is 25.0 Å². The number of pyridine rings is 1. The zero-order valence-corrected chi connectivity index (χ0v) is 17.9. The van der Waals surface area contributed by atoms with Gasteiger partial charge in [0.25, 0.3) is 5.91 Å². The molecule has 1 aliphatic heterocycles. The van der Waals surface area contributed by atoms with Gasteiger partial charge in [0, 0.05) is 44.1 Å². The van der Waals surface area contributed by atoms with E-state index in [4.69, 9.17) is 4.74 Å². The topological polar surface area (TPSA) is 81.1 Å². The van der Waals surface area contributed by atoms with Crippen molar-refractivity contribution in [3.8, 4) is 0 Å². The predicted molar refractivity (Wildman–Crippen MR) is 113 cm³/mol. The minimum Gasteiger partial charge on any atom is -0.381 e. The summed E-state index contributed by atoms with van der Waals surface area (Å²) in [7, 11) is 0. The molecule has 0 atom stereocenters. The lowest BCUT2D eigenvalue weighted by Gasteiger charge is -2.25. The van der Waals surface area contributed by atoms with Gasteiger partial charge >= 0.3 is 6.18 Å². The second kappa shape index (κ2) is 9.34. The summed E-state index contributed by atoms with van der Waals surface area (Å²) in [5.74, 6) is -1.56. The lowest BCUT2D eigenvalue weighted by molar-refractivity contribution is -0.137. The third kappa shape index (κ3) is 4.92. The van der Waals surface area contributed by atoms with Gasteiger partial charge in [0.05, 0.1) is 28.4 Å². The number of benzene rings is 1. The van der Waals surface area contributed by atoms with Gasteiger partial charge in [0.1, 0.15) is 5.82 Å². The van der Waals surface area contributed by atoms with Gasteiger partial charge in [-0.3, -0.25) is 4.79 Å². The average molecular weight is 465 g/mol. The number of rotatable bonds is 6. The minimum absolute atomic E-state index is 0.0527. The van der Waals surface area contributed by atoms with E-state index in [2.05, 4.69) is 20.7 Å². The van der Waals surface area contributed by atoms with E-state index in [1.807, 2.05) is 6.92 Å². The molecule has 1 fully saturated rings. The van der Waals surface area contributed by atoms with Crippen molar-refractivity contribution in [2.75, 3.05) is 18.5 Å². The summed E-state index contributed by atoms with van der Waals surface area (Å²) < 4.78 is 59.6. The van der Waals surface area contributed by atoms with Crippen molar-refractivity contribution in [2.24, 2.45) is 0 Å². The van der Waals surface area contributed by atoms with E-state index in [-0.39, 0.29) is 23.7 Å². The smallest absolute Gasteiger partial charge is 0.381 e. The van der Waals surface area contributed by atoms with Gasteiger partial charge in [-0.05, 0) is 31.9 Å². The van der Waals surface area contributed by atoms with Crippen molar-refractivity contribution in [2.45, 2.75) is 45.1 Å². The van der Waals surface area contributed by atoms with Gasteiger partial charge in [-0.25, -0.2) is 14.1 Å². The monoisotopic (exact) mass is 465 g/mol. The van der Waals surface area contributed by atoms with Crippen LogP contribution in [0.2, 0.25) is 0 Å². The van der Waals surface area contributed by atoms with Gasteiger partial charge in [-0.15, -0.1) is 0 Å². The van der Waals surface area contributed by atoms with Gasteiger partial charge in [0.15, 0.2) is 5.65 Å². The number of hydrogen-bond acceptors (Lipinski definition) is 5. The van der Waals surface area contributed by atoms with Gasteiger partial charge in [-0.1, -0.05) is 6.07 Å². The Labute approximate surface area is 187 Å². The fourth-order valence-corrected chi connectivity index (χ4v) is 3.77. The molecule has 3 aromatic rings. The molecule has 0 unspecified atom stereocenters. The van der Waals surface area contributed by atoms with Crippen molar-refractivity contribution in [1.82, 2.24) is 20.1 Å². The van der Waals surface area contributed by atoms with Gasteiger partial charge in [0.2, 0.25) is 0 Å². The molecule has 7 nitrogen and oxygen atoms in total. The van der Waals surface area contributed by atoms with Crippen molar-refractivity contribution < 1.29 is 27.1 Å². The summed E-state index contributed by atoms with van der Waals surface area (Å²) in [4.78, 5) is 17.4. The molecule has 176 valence electrons. The predicted octanol–water partition coefficient (Wildman–Crippen LogP) is 4.13. The van der Waals surface area contributed by atoms with Crippen LogP contribution in [0.5, 0.6) is 0 Å². The number of amides is 1. The van der Waals surface area contributed by atoms with Gasteiger partial charge in [-0.2, -0.15) is 18.3 Å². The summed E-state index contributed by atoms with van der Waals surface area (Å²) >= 11 is 0. The van der Waals surface area contributed by atoms with E-state index in [0.29, 0.717) is 42.5 Å². The highest BCUT2D eigenvalue weighted by molar-refractivity contribution is 6.06. The molecule has 0 saturated carbocycles. The van der Waals surface area contributed by atoms with E-state index < -0.39 is 23.5 Å². The molecule has 1 saturated heterocycles. The molecule has 0 bridgehead atoms. The van der Waals surface area contributed by atoms with Crippen molar-refractivity contribution in [3.63, 3.8) is 0 Å². The highest BCUT2D eigenvalue weighted by atomic mass is 19.4. The lowest BCUT2D eigenvalue weighted by Crippen LogP contribution is -2.30. The zero-order valence-electron chi connectivity index (χ0n) is 17.9. The maximum atomic E-state index is 14.2. The minimum atomic E-state index is -4.64. The SMILES string of the molecule is CCn1ncc2c(NC3CCOCC3)c(C(=O)NCc3ccc(C(F)(F)F)cc3F)cnc21. The highest BCUT2D eigenvalue weighted by Gasteiger charge is 2.31. The Bertz CT molecular complexity index is 1160. The highest BCUT2D eigenvalue weighted by Crippen LogP contribution is 2.31. The van der Waals surface area contributed by atoms with Gasteiger partial charge < -0.3 is 15.4 Å². The molecule has 0 spiro atoms. The second-order valence-electron chi connectivity index (χ2n) is 7.76. The van der Waals surface area contributed by atoms with E-state index in [9.17, 15) is 22.4 Å². The number of aryl methyl sites for hydroxylation is 1. The van der Waals surface area contributed by atoms with E-state index >= 15 is 0 Å². The molecule has 2 N–H and O–H groups in total. The molecule has 33 heavy (non-hydrogen) atoms. The number of anilines is 1. The van der Waals surface area contributed by atoms with Crippen molar-refractivity contribution in [3.05, 3.63) is 53.1 Å². The lowest BCUT2D eigenvalue weighted by atomic mass is 10.1. The number of nitrogens with zero attached hydrogens (tertiary/aromatic N) is 3. The third-order valence-corrected chi connectivity index (χ3v) is 5.60. The number of alkyl halides is 3. The molecule has 1 amide bonds. The number of halogens is 4. The maximum Gasteiger partial charge on any atom is 0.416 e. The number of carbonyl (C=O) groups is 1. The third-order valence-electron chi connectivity index (χ3n) is 5.60. The van der Waals surface area contributed by atoms with Crippen LogP contribution in [0.4, 0.5) is 23.2 Å². The summed E-state index contributed by atoms with van der Waals surface area (Å²) in [6.45, 7) is 3.47. The molecule has 0 aliphatic carbocycles. The molecular weight excluding hydrogens is 442 g/mol. The Kier molecular flexibility index (Phi) is 6.50. The van der Waals surface area contributed by atoms with Crippen LogP contribution in [0.1, 0.15) is 41.3 Å². The van der Waals surface area contributed by atoms with Crippen LogP contribution < -0.4 is 10.6 Å². The molecule has 0 radical (unpaired) electrons. The number of aromatic nitrogens is 3. The van der Waals surface area contributed by atoms with Crippen molar-refractivity contribution >= 4 is 22.6 Å². The summed E-state index contributed by atoms with van der Waals surface area (Å²) in [6, 6.07) is 2.32. The van der Waals surface area contributed by atoms with Crippen LogP contribution >= 0.6 is 0 Å². The number of hydrogen-bond donors (Lipinski definition) is 2. The van der Waals surface area contributed by atoms with Crippen LogP contribution in [0.15, 0.2) is 30.6 Å². The normalized spacial score (nSPS) is 15.1. The van der Waals surface area contributed by atoms with Crippen LogP contribution in [-0.2, 0) is 24.0 Å². The first kappa shape index (κ1) is 23.0. The van der Waals surface area contributed by atoms with Crippen LogP contribution in [-0.4, -0.2) is 39.9 Å². The fraction of sp³-hybridized carbons (Fsp3) is 0.409. The van der Waals surface area contributed by atoms with E-state index in [1.165, 1.54) is 6.20 Å². The Hall–Kier alpha value is -3.21. The Morgan fingerprint density at radius 2 is 2.00 bits per heavy atom. The summed E-state index contributed by atoms with van der Waals surface area (Å²) in [5.41, 5.74) is 0.301. The molecule has 2 aromatic heterocycles. The Morgan fingerprint density at radius 1 is 1.24 bits per heavy atom. The number of carbonyl (C=O) groups excluding carboxylic acids is 1. The van der Waals surface area contributed by atoms with Crippen molar-refractivity contribution in [1.29, 1.82) is 0 Å². The Morgan fingerprint density at radius 3 is 2.67 bits per heavy atom. The van der Waals surface area contributed by atoms with Crippen LogP contribution in [0.25, 0.3) is 11.0 Å². The first-order valence-electron chi connectivity index (χ1n) is 10.6. The quantitative estimate of drug-likeness (QED) is 0.535. The zero-order chi connectivity index (χ0) is 23.6. The molecule has 1 aliphatic rings. The maximum absolute atomic E-state index is 14.2.